The number of unbranched alkanes of at least 4 members (excludes halogenated alkanes) is 1. The van der Waals surface area contributed by atoms with Crippen LogP contribution in [0.15, 0.2) is 35.3 Å². The van der Waals surface area contributed by atoms with Crippen LogP contribution in [0.5, 0.6) is 11.5 Å². The maximum absolute atomic E-state index is 14.0. The van der Waals surface area contributed by atoms with Crippen LogP contribution in [0.25, 0.3) is 28.2 Å². The van der Waals surface area contributed by atoms with E-state index in [-0.39, 0.29) is 36.6 Å². The predicted octanol–water partition coefficient (Wildman–Crippen LogP) is 8.45. The Morgan fingerprint density at radius 1 is 1.00 bits per heavy atom. The van der Waals surface area contributed by atoms with Crippen molar-refractivity contribution < 1.29 is 27.7 Å². The Bertz CT molecular complexity index is 1520. The molecule has 0 unspecified atom stereocenters. The van der Waals surface area contributed by atoms with Crippen LogP contribution >= 0.6 is 0 Å². The Hall–Kier alpha value is -2.81. The highest BCUT2D eigenvalue weighted by Crippen LogP contribution is 2.40. The highest BCUT2D eigenvalue weighted by Gasteiger charge is 2.28. The van der Waals surface area contributed by atoms with Crippen LogP contribution in [-0.4, -0.2) is 56.4 Å². The lowest BCUT2D eigenvalue weighted by atomic mass is 10.0. The number of halogens is 2. The third-order valence-electron chi connectivity index (χ3n) is 7.53. The number of rotatable bonds is 18. The molecule has 0 spiro atoms. The van der Waals surface area contributed by atoms with Crippen molar-refractivity contribution in [2.45, 2.75) is 110 Å². The number of allylic oxidation sites excluding steroid dienone is 1. The maximum atomic E-state index is 14.0. The minimum atomic E-state index is -2.98. The molecule has 1 saturated carbocycles. The fraction of sp³-hybridized carbons (Fsp3) is 0.576. The van der Waals surface area contributed by atoms with E-state index in [1.54, 1.807) is 18.3 Å². The fourth-order valence-corrected chi connectivity index (χ4v) is 6.27. The minimum Gasteiger partial charge on any atom is -0.487 e. The van der Waals surface area contributed by atoms with Gasteiger partial charge in [-0.25, -0.2) is 4.68 Å². The number of fused-ring (bicyclic) bond motifs is 1. The summed E-state index contributed by atoms with van der Waals surface area (Å²) in [5.41, 5.74) is 2.52. The lowest BCUT2D eigenvalue weighted by Gasteiger charge is -2.18. The molecule has 0 N–H and O–H groups in total. The lowest BCUT2D eigenvalue weighted by Crippen LogP contribution is -2.26. The van der Waals surface area contributed by atoms with Crippen LogP contribution in [-0.2, 0) is 22.9 Å². The van der Waals surface area contributed by atoms with E-state index in [9.17, 15) is 13.6 Å². The molecule has 2 aromatic heterocycles. The third-order valence-corrected chi connectivity index (χ3v) is 10.9. The summed E-state index contributed by atoms with van der Waals surface area (Å²) >= 11 is 0. The average molecular weight is 662 g/mol. The summed E-state index contributed by atoms with van der Waals surface area (Å²) in [5, 5.41) is 5.00. The summed E-state index contributed by atoms with van der Waals surface area (Å²) in [5.74, 6) is 0.235. The van der Waals surface area contributed by atoms with Crippen LogP contribution in [0.1, 0.15) is 38.2 Å². The molecule has 45 heavy (non-hydrogen) atoms. The van der Waals surface area contributed by atoms with E-state index in [0.29, 0.717) is 29.7 Å². The molecular weight excluding hydrogens is 613 g/mol. The van der Waals surface area contributed by atoms with E-state index in [1.165, 1.54) is 10.7 Å². The molecule has 1 aliphatic carbocycles. The Morgan fingerprint density at radius 3 is 2.27 bits per heavy atom. The normalized spacial score (nSPS) is 14.3. The van der Waals surface area contributed by atoms with Gasteiger partial charge in [-0.05, 0) is 49.5 Å². The first-order valence-electron chi connectivity index (χ1n) is 16.0. The number of hydrogen-bond donors (Lipinski definition) is 0. The van der Waals surface area contributed by atoms with Gasteiger partial charge < -0.3 is 23.5 Å². The molecule has 0 saturated heterocycles. The van der Waals surface area contributed by atoms with E-state index >= 15 is 0 Å². The van der Waals surface area contributed by atoms with Crippen LogP contribution in [0.3, 0.4) is 0 Å². The minimum absolute atomic E-state index is 0.0164. The first-order chi connectivity index (χ1) is 21.3. The molecule has 4 rings (SSSR count). The summed E-state index contributed by atoms with van der Waals surface area (Å²) in [6, 6.07) is 6.94. The zero-order valence-corrected chi connectivity index (χ0v) is 29.8. The Morgan fingerprint density at radius 2 is 1.67 bits per heavy atom. The van der Waals surface area contributed by atoms with Crippen LogP contribution in [0.2, 0.25) is 51.4 Å². The van der Waals surface area contributed by atoms with Crippen molar-refractivity contribution >= 4 is 33.1 Å². The van der Waals surface area contributed by atoms with Crippen molar-refractivity contribution in [2.24, 2.45) is 0 Å². The van der Waals surface area contributed by atoms with Gasteiger partial charge in [0, 0.05) is 40.5 Å². The molecule has 248 valence electrons. The Labute approximate surface area is 267 Å². The largest absolute Gasteiger partial charge is 0.487 e. The first-order valence-corrected chi connectivity index (χ1v) is 23.4. The van der Waals surface area contributed by atoms with Crippen LogP contribution in [0.4, 0.5) is 8.78 Å². The zero-order valence-electron chi connectivity index (χ0n) is 27.8. The molecule has 0 atom stereocenters. The van der Waals surface area contributed by atoms with Gasteiger partial charge in [-0.2, -0.15) is 13.9 Å². The van der Waals surface area contributed by atoms with E-state index < -0.39 is 22.8 Å². The quantitative estimate of drug-likeness (QED) is 0.101. The molecule has 0 bridgehead atoms. The number of hydrogen-bond acceptors (Lipinski definition) is 6. The predicted molar refractivity (Wildman–Crippen MR) is 182 cm³/mol. The molecule has 0 aliphatic heterocycles. The Kier molecular flexibility index (Phi) is 11.8. The van der Waals surface area contributed by atoms with Crippen molar-refractivity contribution in [3.05, 3.63) is 46.4 Å². The number of alkyl halides is 2. The lowest BCUT2D eigenvalue weighted by molar-refractivity contribution is -0.0516. The molecule has 1 aromatic carbocycles. The third kappa shape index (κ3) is 10.1. The summed E-state index contributed by atoms with van der Waals surface area (Å²) in [7, 11) is -2.63. The van der Waals surface area contributed by atoms with Crippen LogP contribution in [0, 0.1) is 0 Å². The molecule has 0 radical (unpaired) electrons. The highest BCUT2D eigenvalue weighted by atomic mass is 28.3. The van der Waals surface area contributed by atoms with Crippen molar-refractivity contribution in [1.82, 2.24) is 14.3 Å². The van der Waals surface area contributed by atoms with Crippen LogP contribution < -0.4 is 15.0 Å². The maximum Gasteiger partial charge on any atom is 0.387 e. The second-order valence-electron chi connectivity index (χ2n) is 14.1. The number of aromatic nitrogens is 3. The average Bonchev–Trinajstić information content (AvgIpc) is 3.70. The summed E-state index contributed by atoms with van der Waals surface area (Å²) in [4.78, 5) is 14.0. The topological polar surface area (TPSA) is 76.7 Å². The number of ether oxygens (including phenoxy) is 4. The van der Waals surface area contributed by atoms with Gasteiger partial charge in [-0.15, -0.1) is 0 Å². The molecular formula is C33H49F2N3O5Si2. The fourth-order valence-electron chi connectivity index (χ4n) is 4.76. The zero-order chi connectivity index (χ0) is 32.8. The summed E-state index contributed by atoms with van der Waals surface area (Å²) in [6.45, 7) is 14.3. The van der Waals surface area contributed by atoms with Crippen molar-refractivity contribution in [3.63, 3.8) is 0 Å². The molecule has 12 heteroatoms. The summed E-state index contributed by atoms with van der Waals surface area (Å²) < 4.78 is 52.8. The van der Waals surface area contributed by atoms with E-state index in [0.717, 1.165) is 49.0 Å². The SMILES string of the molecule is CCC/C=C/c1c(-c2ccc(OC(F)F)c(OC3CC3)c2)n(COCC[Si](C)(C)C)c2cnn(COCC[Si](C)(C)C)c(=O)c12. The Balaban J connectivity index is 1.85. The molecule has 1 aliphatic rings. The van der Waals surface area contributed by atoms with E-state index in [4.69, 9.17) is 18.9 Å². The van der Waals surface area contributed by atoms with Gasteiger partial charge in [-0.3, -0.25) is 4.79 Å². The van der Waals surface area contributed by atoms with Gasteiger partial charge in [0.2, 0.25) is 0 Å². The first kappa shape index (κ1) is 35.1. The second-order valence-corrected chi connectivity index (χ2v) is 25.4. The molecule has 2 heterocycles. The van der Waals surface area contributed by atoms with E-state index in [2.05, 4.69) is 57.4 Å². The standard InChI is InChI=1S/C33H49F2N3O5Si2/c1-8-9-10-11-26-30-27(21-36-38(32(30)39)23-41-17-19-45(5,6)7)37(22-40-16-18-44(2,3)4)31(26)24-12-15-28(43-33(34)35)29(20-24)42-25-13-14-25/h10-12,15,20-21,25,33H,8-9,13-14,16-19,22-23H2,1-7H3/b11-10+. The summed E-state index contributed by atoms with van der Waals surface area (Å²) in [6.07, 6.45) is 9.19. The number of nitrogens with zero attached hydrogens (tertiary/aromatic N) is 3. The van der Waals surface area contributed by atoms with Gasteiger partial charge >= 0.3 is 6.61 Å². The van der Waals surface area contributed by atoms with Crippen molar-refractivity contribution in [1.29, 1.82) is 0 Å². The smallest absolute Gasteiger partial charge is 0.387 e. The van der Waals surface area contributed by atoms with Gasteiger partial charge in [0.05, 0.1) is 28.9 Å². The molecule has 8 nitrogen and oxygen atoms in total. The van der Waals surface area contributed by atoms with E-state index in [1.807, 2.05) is 10.6 Å². The molecule has 3 aromatic rings. The van der Waals surface area contributed by atoms with Crippen molar-refractivity contribution in [2.75, 3.05) is 13.2 Å². The molecule has 0 amide bonds. The second kappa shape index (κ2) is 15.2. The molecule has 1 fully saturated rings. The number of benzene rings is 1. The van der Waals surface area contributed by atoms with Gasteiger partial charge in [0.25, 0.3) is 5.56 Å². The highest BCUT2D eigenvalue weighted by molar-refractivity contribution is 6.76. The van der Waals surface area contributed by atoms with Gasteiger partial charge in [0.15, 0.2) is 11.5 Å². The monoisotopic (exact) mass is 661 g/mol. The van der Waals surface area contributed by atoms with Crippen molar-refractivity contribution in [3.8, 4) is 22.8 Å². The van der Waals surface area contributed by atoms with Gasteiger partial charge in [-0.1, -0.05) is 64.8 Å². The van der Waals surface area contributed by atoms with Gasteiger partial charge in [0.1, 0.15) is 13.5 Å².